The molecule has 7 nitrogen and oxygen atoms in total. The number of nitrogens with one attached hydrogen (secondary N) is 2. The van der Waals surface area contributed by atoms with Gasteiger partial charge in [-0.2, -0.15) is 0 Å². The van der Waals surface area contributed by atoms with Crippen LogP contribution in [0.15, 0.2) is 6.20 Å². The minimum Gasteiger partial charge on any atom is -0.476 e. The number of carbonyl (C=O) groups is 2. The summed E-state index contributed by atoms with van der Waals surface area (Å²) in [4.78, 5) is 31.2. The molecule has 1 aromatic heterocycles. The maximum atomic E-state index is 11.7. The van der Waals surface area contributed by atoms with Gasteiger partial charge in [0.1, 0.15) is 11.9 Å². The molecule has 1 amide bonds. The molecular formula is C13H18N4O3. The van der Waals surface area contributed by atoms with Crippen LogP contribution < -0.4 is 10.6 Å². The van der Waals surface area contributed by atoms with Crippen LogP contribution in [-0.2, 0) is 4.79 Å². The molecular weight excluding hydrogens is 260 g/mol. The van der Waals surface area contributed by atoms with Gasteiger partial charge < -0.3 is 15.7 Å². The van der Waals surface area contributed by atoms with E-state index in [4.69, 9.17) is 0 Å². The molecule has 2 rings (SSSR count). The molecule has 20 heavy (non-hydrogen) atoms. The quantitative estimate of drug-likeness (QED) is 0.758. The molecule has 1 unspecified atom stereocenters. The Morgan fingerprint density at radius 3 is 2.90 bits per heavy atom. The number of amides is 1. The average molecular weight is 278 g/mol. The minimum absolute atomic E-state index is 0.0418. The Kier molecular flexibility index (Phi) is 4.16. The van der Waals surface area contributed by atoms with Crippen molar-refractivity contribution in [3.63, 3.8) is 0 Å². The first kappa shape index (κ1) is 14.2. The van der Waals surface area contributed by atoms with Crippen LogP contribution in [0, 0.1) is 0 Å². The maximum Gasteiger partial charge on any atom is 0.356 e. The molecule has 0 aromatic carbocycles. The van der Waals surface area contributed by atoms with Crippen molar-refractivity contribution in [2.24, 2.45) is 0 Å². The summed E-state index contributed by atoms with van der Waals surface area (Å²) >= 11 is 0. The zero-order valence-electron chi connectivity index (χ0n) is 11.5. The Labute approximate surface area is 116 Å². The number of hydrogen-bond acceptors (Lipinski definition) is 5. The van der Waals surface area contributed by atoms with E-state index >= 15 is 0 Å². The van der Waals surface area contributed by atoms with Crippen LogP contribution >= 0.6 is 0 Å². The lowest BCUT2D eigenvalue weighted by atomic mass is 10.1. The van der Waals surface area contributed by atoms with Crippen molar-refractivity contribution in [3.05, 3.63) is 17.7 Å². The smallest absolute Gasteiger partial charge is 0.356 e. The summed E-state index contributed by atoms with van der Waals surface area (Å²) in [6, 6.07) is -0.435. The summed E-state index contributed by atoms with van der Waals surface area (Å²) in [7, 11) is 0. The topological polar surface area (TPSA) is 104 Å². The molecule has 1 saturated heterocycles. The molecule has 1 fully saturated rings. The van der Waals surface area contributed by atoms with Crippen molar-refractivity contribution in [2.45, 2.75) is 38.6 Å². The van der Waals surface area contributed by atoms with Crippen LogP contribution in [0.4, 0.5) is 5.69 Å². The van der Waals surface area contributed by atoms with E-state index < -0.39 is 12.0 Å². The fourth-order valence-electron chi connectivity index (χ4n) is 2.04. The van der Waals surface area contributed by atoms with Gasteiger partial charge in [0.2, 0.25) is 5.91 Å². The largest absolute Gasteiger partial charge is 0.476 e. The molecule has 0 spiro atoms. The summed E-state index contributed by atoms with van der Waals surface area (Å²) in [6.45, 7) is 4.44. The molecule has 0 aliphatic carbocycles. The van der Waals surface area contributed by atoms with Gasteiger partial charge in [-0.15, -0.1) is 0 Å². The summed E-state index contributed by atoms with van der Waals surface area (Å²) in [6.07, 6.45) is 2.96. The molecule has 1 aliphatic rings. The summed E-state index contributed by atoms with van der Waals surface area (Å²) in [5.41, 5.74) is 0.186. The molecule has 1 aromatic rings. The van der Waals surface area contributed by atoms with E-state index in [2.05, 4.69) is 20.6 Å². The van der Waals surface area contributed by atoms with Crippen LogP contribution in [-0.4, -0.2) is 39.5 Å². The van der Waals surface area contributed by atoms with Crippen LogP contribution in [0.1, 0.15) is 48.9 Å². The lowest BCUT2D eigenvalue weighted by molar-refractivity contribution is -0.123. The number of carboxylic acids is 1. The highest BCUT2D eigenvalue weighted by molar-refractivity contribution is 5.93. The Hall–Kier alpha value is -2.18. The molecule has 0 bridgehead atoms. The SMILES string of the molecule is CC(C)c1ncc(NC2CCCNC2=O)c(C(=O)O)n1. The van der Waals surface area contributed by atoms with Gasteiger partial charge in [0.25, 0.3) is 0 Å². The average Bonchev–Trinajstić information content (AvgIpc) is 2.41. The highest BCUT2D eigenvalue weighted by Gasteiger charge is 2.24. The van der Waals surface area contributed by atoms with Gasteiger partial charge in [-0.25, -0.2) is 14.8 Å². The Morgan fingerprint density at radius 2 is 2.30 bits per heavy atom. The van der Waals surface area contributed by atoms with Gasteiger partial charge in [-0.1, -0.05) is 13.8 Å². The van der Waals surface area contributed by atoms with E-state index in [1.807, 2.05) is 13.8 Å². The molecule has 3 N–H and O–H groups in total. The zero-order chi connectivity index (χ0) is 14.7. The Balaban J connectivity index is 2.26. The number of hydrogen-bond donors (Lipinski definition) is 3. The highest BCUT2D eigenvalue weighted by atomic mass is 16.4. The van der Waals surface area contributed by atoms with Gasteiger partial charge in [0.05, 0.1) is 11.9 Å². The number of piperidine rings is 1. The van der Waals surface area contributed by atoms with Crippen LogP contribution in [0.2, 0.25) is 0 Å². The van der Waals surface area contributed by atoms with Crippen LogP contribution in [0.5, 0.6) is 0 Å². The minimum atomic E-state index is -1.13. The molecule has 0 radical (unpaired) electrons. The first-order valence-electron chi connectivity index (χ1n) is 6.63. The van der Waals surface area contributed by atoms with Crippen molar-refractivity contribution in [1.82, 2.24) is 15.3 Å². The molecule has 0 saturated carbocycles. The van der Waals surface area contributed by atoms with Crippen molar-refractivity contribution in [2.75, 3.05) is 11.9 Å². The molecule has 1 aliphatic heterocycles. The number of rotatable bonds is 4. The van der Waals surface area contributed by atoms with E-state index in [1.165, 1.54) is 6.20 Å². The lowest BCUT2D eigenvalue weighted by Crippen LogP contribution is -2.44. The second-order valence-electron chi connectivity index (χ2n) is 5.08. The summed E-state index contributed by atoms with van der Waals surface area (Å²) in [5.74, 6) is -0.741. The van der Waals surface area contributed by atoms with E-state index in [0.29, 0.717) is 18.8 Å². The van der Waals surface area contributed by atoms with Crippen molar-refractivity contribution >= 4 is 17.6 Å². The Morgan fingerprint density at radius 1 is 1.55 bits per heavy atom. The summed E-state index contributed by atoms with van der Waals surface area (Å²) < 4.78 is 0. The van der Waals surface area contributed by atoms with Crippen molar-refractivity contribution in [3.8, 4) is 0 Å². The first-order valence-corrected chi connectivity index (χ1v) is 6.63. The number of carbonyl (C=O) groups excluding carboxylic acids is 1. The fraction of sp³-hybridized carbons (Fsp3) is 0.538. The normalized spacial score (nSPS) is 18.8. The van der Waals surface area contributed by atoms with E-state index in [0.717, 1.165) is 6.42 Å². The monoisotopic (exact) mass is 278 g/mol. The van der Waals surface area contributed by atoms with Gasteiger partial charge in [-0.05, 0) is 12.8 Å². The predicted molar refractivity (Wildman–Crippen MR) is 72.7 cm³/mol. The molecule has 108 valence electrons. The van der Waals surface area contributed by atoms with Crippen LogP contribution in [0.3, 0.4) is 0 Å². The second-order valence-corrected chi connectivity index (χ2v) is 5.08. The lowest BCUT2D eigenvalue weighted by Gasteiger charge is -2.24. The Bertz CT molecular complexity index is 530. The molecule has 7 heteroatoms. The zero-order valence-corrected chi connectivity index (χ0v) is 11.5. The second kappa shape index (κ2) is 5.85. The number of anilines is 1. The number of aromatic carboxylic acids is 1. The number of nitrogens with zero attached hydrogens (tertiary/aromatic N) is 2. The van der Waals surface area contributed by atoms with Gasteiger partial charge in [0.15, 0.2) is 5.69 Å². The standard InChI is InChI=1S/C13H18N4O3/c1-7(2)11-15-6-9(10(17-11)13(19)20)16-8-4-3-5-14-12(8)18/h6-8,16H,3-5H2,1-2H3,(H,14,18)(H,19,20). The van der Waals surface area contributed by atoms with Crippen LogP contribution in [0.25, 0.3) is 0 Å². The van der Waals surface area contributed by atoms with Gasteiger partial charge in [-0.3, -0.25) is 4.79 Å². The fourth-order valence-corrected chi connectivity index (χ4v) is 2.04. The molecule has 2 heterocycles. The third-order valence-electron chi connectivity index (χ3n) is 3.14. The van der Waals surface area contributed by atoms with Crippen molar-refractivity contribution < 1.29 is 14.7 Å². The summed E-state index contributed by atoms with van der Waals surface area (Å²) in [5, 5.41) is 14.9. The third-order valence-corrected chi connectivity index (χ3v) is 3.14. The molecule has 1 atom stereocenters. The van der Waals surface area contributed by atoms with E-state index in [-0.39, 0.29) is 23.2 Å². The van der Waals surface area contributed by atoms with Gasteiger partial charge in [0, 0.05) is 12.5 Å². The van der Waals surface area contributed by atoms with E-state index in [9.17, 15) is 14.7 Å². The number of carboxylic acid groups (broad SMARTS) is 1. The first-order chi connectivity index (χ1) is 9.49. The third kappa shape index (κ3) is 3.04. The number of aromatic nitrogens is 2. The maximum absolute atomic E-state index is 11.7. The van der Waals surface area contributed by atoms with Gasteiger partial charge >= 0.3 is 5.97 Å². The van der Waals surface area contributed by atoms with E-state index in [1.54, 1.807) is 0 Å². The highest BCUT2D eigenvalue weighted by Crippen LogP contribution is 2.19. The predicted octanol–water partition coefficient (Wildman–Crippen LogP) is 0.989. The van der Waals surface area contributed by atoms with Crippen molar-refractivity contribution in [1.29, 1.82) is 0 Å².